The van der Waals surface area contributed by atoms with Crippen molar-refractivity contribution in [3.8, 4) is 10.8 Å². The van der Waals surface area contributed by atoms with Crippen molar-refractivity contribution in [3.63, 3.8) is 0 Å². The molecule has 3 rings (SSSR count). The monoisotopic (exact) mass is 334 g/mol. The summed E-state index contributed by atoms with van der Waals surface area (Å²) >= 11 is 2.32. The molecule has 3 aromatic heterocycles. The lowest BCUT2D eigenvalue weighted by Gasteiger charge is -1.96. The maximum absolute atomic E-state index is 12.1. The molecule has 0 aliphatic rings. The number of amides is 2. The molecule has 0 atom stereocenters. The van der Waals surface area contributed by atoms with E-state index in [2.05, 4.69) is 15.3 Å². The number of rotatable bonds is 4. The number of aromatic nitrogens is 2. The van der Waals surface area contributed by atoms with Gasteiger partial charge in [0.1, 0.15) is 16.3 Å². The van der Waals surface area contributed by atoms with Gasteiger partial charge >= 0.3 is 0 Å². The lowest BCUT2D eigenvalue weighted by molar-refractivity contribution is 0.1000. The van der Waals surface area contributed by atoms with Gasteiger partial charge in [0.2, 0.25) is 0 Å². The van der Waals surface area contributed by atoms with Crippen molar-refractivity contribution in [1.82, 2.24) is 9.97 Å². The summed E-state index contributed by atoms with van der Waals surface area (Å²) in [4.78, 5) is 31.5. The number of aryl methyl sites for hydroxylation is 1. The molecule has 0 aliphatic carbocycles. The minimum Gasteiger partial charge on any atom is -0.459 e. The summed E-state index contributed by atoms with van der Waals surface area (Å²) in [6, 6.07) is 3.63. The molecule has 7 nitrogen and oxygen atoms in total. The zero-order chi connectivity index (χ0) is 15.7. The summed E-state index contributed by atoms with van der Waals surface area (Å²) in [6.07, 6.45) is 1.32. The van der Waals surface area contributed by atoms with E-state index < -0.39 is 11.8 Å². The fourth-order valence-electron chi connectivity index (χ4n) is 1.65. The molecular formula is C13H10N4O3S2. The summed E-state index contributed by atoms with van der Waals surface area (Å²) in [6.45, 7) is 1.84. The number of furan rings is 1. The Labute approximate surface area is 132 Å². The van der Waals surface area contributed by atoms with E-state index in [9.17, 15) is 9.59 Å². The quantitative estimate of drug-likeness (QED) is 0.761. The van der Waals surface area contributed by atoms with E-state index in [0.29, 0.717) is 15.9 Å². The highest BCUT2D eigenvalue weighted by molar-refractivity contribution is 7.17. The largest absolute Gasteiger partial charge is 0.459 e. The van der Waals surface area contributed by atoms with Crippen LogP contribution in [0.1, 0.15) is 25.9 Å². The van der Waals surface area contributed by atoms with Crippen molar-refractivity contribution in [3.05, 3.63) is 40.0 Å². The van der Waals surface area contributed by atoms with Gasteiger partial charge in [0.15, 0.2) is 15.9 Å². The zero-order valence-electron chi connectivity index (χ0n) is 11.3. The highest BCUT2D eigenvalue weighted by Crippen LogP contribution is 2.26. The molecule has 0 fully saturated rings. The summed E-state index contributed by atoms with van der Waals surface area (Å²) in [7, 11) is 0. The third-order valence-electron chi connectivity index (χ3n) is 2.66. The second kappa shape index (κ2) is 5.70. The van der Waals surface area contributed by atoms with E-state index in [-0.39, 0.29) is 10.6 Å². The van der Waals surface area contributed by atoms with Crippen LogP contribution in [0.2, 0.25) is 0 Å². The number of hydrogen-bond acceptors (Lipinski definition) is 7. The Morgan fingerprint density at radius 1 is 1.36 bits per heavy atom. The van der Waals surface area contributed by atoms with Crippen LogP contribution in [0, 0.1) is 6.92 Å². The van der Waals surface area contributed by atoms with Crippen LogP contribution in [0.3, 0.4) is 0 Å². The number of nitrogens with two attached hydrogens (primary N) is 1. The molecule has 0 unspecified atom stereocenters. The molecular weight excluding hydrogens is 324 g/mol. The summed E-state index contributed by atoms with van der Waals surface area (Å²) < 4.78 is 5.47. The Morgan fingerprint density at radius 3 is 2.82 bits per heavy atom. The predicted molar refractivity (Wildman–Crippen MR) is 83.1 cm³/mol. The molecule has 22 heavy (non-hydrogen) atoms. The van der Waals surface area contributed by atoms with Gasteiger partial charge in [-0.2, -0.15) is 0 Å². The van der Waals surface area contributed by atoms with Crippen molar-refractivity contribution in [2.75, 3.05) is 5.32 Å². The second-order valence-electron chi connectivity index (χ2n) is 4.30. The van der Waals surface area contributed by atoms with Gasteiger partial charge in [0, 0.05) is 5.38 Å². The molecule has 0 aliphatic heterocycles. The second-order valence-corrected chi connectivity index (χ2v) is 6.18. The molecule has 2 amide bonds. The molecule has 0 saturated heterocycles. The van der Waals surface area contributed by atoms with Crippen LogP contribution in [0.15, 0.2) is 28.1 Å². The number of anilines is 1. The fraction of sp³-hybridized carbons (Fsp3) is 0.0769. The SMILES string of the molecule is Cc1ccc(-c2nc(C(=O)Nc3ncc(C(N)=O)s3)cs2)o1. The van der Waals surface area contributed by atoms with Gasteiger partial charge in [-0.15, -0.1) is 11.3 Å². The highest BCUT2D eigenvalue weighted by Gasteiger charge is 2.16. The van der Waals surface area contributed by atoms with Crippen LogP contribution in [0.5, 0.6) is 0 Å². The van der Waals surface area contributed by atoms with E-state index in [1.54, 1.807) is 11.4 Å². The maximum Gasteiger partial charge on any atom is 0.276 e. The molecule has 0 saturated carbocycles. The minimum absolute atomic E-state index is 0.255. The van der Waals surface area contributed by atoms with Crippen LogP contribution >= 0.6 is 22.7 Å². The van der Waals surface area contributed by atoms with E-state index in [1.807, 2.05) is 13.0 Å². The van der Waals surface area contributed by atoms with Gasteiger partial charge in [-0.25, -0.2) is 9.97 Å². The van der Waals surface area contributed by atoms with E-state index in [0.717, 1.165) is 17.1 Å². The van der Waals surface area contributed by atoms with Crippen LogP contribution in [0.25, 0.3) is 10.8 Å². The van der Waals surface area contributed by atoms with Crippen LogP contribution < -0.4 is 11.1 Å². The third kappa shape index (κ3) is 2.90. The van der Waals surface area contributed by atoms with Gasteiger partial charge in [0.05, 0.1) is 6.20 Å². The predicted octanol–water partition coefficient (Wildman–Crippen LogP) is 2.52. The molecule has 0 aromatic carbocycles. The maximum atomic E-state index is 12.1. The first kappa shape index (κ1) is 14.4. The molecule has 3 aromatic rings. The van der Waals surface area contributed by atoms with Gasteiger partial charge < -0.3 is 10.2 Å². The number of carbonyl (C=O) groups excluding carboxylic acids is 2. The number of nitrogens with one attached hydrogen (secondary N) is 1. The molecule has 3 N–H and O–H groups in total. The average Bonchev–Trinajstić information content (AvgIpc) is 3.16. The smallest absolute Gasteiger partial charge is 0.276 e. The molecule has 0 radical (unpaired) electrons. The van der Waals surface area contributed by atoms with E-state index in [1.165, 1.54) is 17.5 Å². The van der Waals surface area contributed by atoms with Crippen molar-refractivity contribution in [2.45, 2.75) is 6.92 Å². The van der Waals surface area contributed by atoms with Crippen molar-refractivity contribution in [2.24, 2.45) is 5.73 Å². The Bertz CT molecular complexity index is 849. The topological polar surface area (TPSA) is 111 Å². The molecule has 112 valence electrons. The molecule has 0 spiro atoms. The number of hydrogen-bond donors (Lipinski definition) is 2. The summed E-state index contributed by atoms with van der Waals surface area (Å²) in [5, 5.41) is 5.12. The first-order valence-corrected chi connectivity index (χ1v) is 7.82. The van der Waals surface area contributed by atoms with Gasteiger partial charge in [-0.1, -0.05) is 11.3 Å². The highest BCUT2D eigenvalue weighted by atomic mass is 32.1. The van der Waals surface area contributed by atoms with Crippen LogP contribution in [0.4, 0.5) is 5.13 Å². The Kier molecular flexibility index (Phi) is 3.73. The first-order chi connectivity index (χ1) is 10.5. The van der Waals surface area contributed by atoms with E-state index in [4.69, 9.17) is 10.2 Å². The van der Waals surface area contributed by atoms with Crippen molar-refractivity contribution >= 4 is 39.6 Å². The van der Waals surface area contributed by atoms with Crippen LogP contribution in [-0.4, -0.2) is 21.8 Å². The van der Waals surface area contributed by atoms with Crippen LogP contribution in [-0.2, 0) is 0 Å². The number of carbonyl (C=O) groups is 2. The first-order valence-electron chi connectivity index (χ1n) is 6.12. The zero-order valence-corrected chi connectivity index (χ0v) is 13.0. The Morgan fingerprint density at radius 2 is 2.18 bits per heavy atom. The standard InChI is InChI=1S/C13H10N4O3S2/c1-6-2-3-8(20-6)12-16-7(5-21-12)11(19)17-13-15-4-9(22-13)10(14)18/h2-5H,1H3,(H2,14,18)(H,15,17,19). The summed E-state index contributed by atoms with van der Waals surface area (Å²) in [5.41, 5.74) is 5.39. The fourth-order valence-corrected chi connectivity index (χ4v) is 3.07. The lowest BCUT2D eigenvalue weighted by atomic mass is 10.4. The average molecular weight is 334 g/mol. The Hall–Kier alpha value is -2.52. The molecule has 0 bridgehead atoms. The molecule has 9 heteroatoms. The van der Waals surface area contributed by atoms with E-state index >= 15 is 0 Å². The number of primary amides is 1. The number of nitrogens with zero attached hydrogens (tertiary/aromatic N) is 2. The normalized spacial score (nSPS) is 10.6. The number of thiazole rings is 2. The summed E-state index contributed by atoms with van der Waals surface area (Å²) in [5.74, 6) is 0.406. The van der Waals surface area contributed by atoms with Gasteiger partial charge in [0.25, 0.3) is 11.8 Å². The minimum atomic E-state index is -0.581. The van der Waals surface area contributed by atoms with Crippen molar-refractivity contribution < 1.29 is 14.0 Å². The third-order valence-corrected chi connectivity index (χ3v) is 4.44. The van der Waals surface area contributed by atoms with Gasteiger partial charge in [-0.05, 0) is 19.1 Å². The Balaban J connectivity index is 1.75. The lowest BCUT2D eigenvalue weighted by Crippen LogP contribution is -2.12. The molecule has 3 heterocycles. The van der Waals surface area contributed by atoms with Crippen molar-refractivity contribution in [1.29, 1.82) is 0 Å². The van der Waals surface area contributed by atoms with Gasteiger partial charge in [-0.3, -0.25) is 14.9 Å².